The summed E-state index contributed by atoms with van der Waals surface area (Å²) >= 11 is 0. The molecule has 0 aromatic heterocycles. The van der Waals surface area contributed by atoms with Crippen molar-refractivity contribution in [2.45, 2.75) is 26.2 Å². The van der Waals surface area contributed by atoms with Crippen molar-refractivity contribution in [1.82, 2.24) is 0 Å². The molecule has 0 aliphatic carbocycles. The molecule has 0 unspecified atom stereocenters. The quantitative estimate of drug-likeness (QED) is 0.791. The van der Waals surface area contributed by atoms with Gasteiger partial charge in [-0.3, -0.25) is 4.79 Å². The summed E-state index contributed by atoms with van der Waals surface area (Å²) in [6.45, 7) is 5.60. The molecule has 0 bridgehead atoms. The molecule has 1 aromatic carbocycles. The van der Waals surface area contributed by atoms with E-state index in [-0.39, 0.29) is 5.78 Å². The minimum Gasteiger partial charge on any atom is -0.497 e. The van der Waals surface area contributed by atoms with Crippen LogP contribution in [0.25, 0.3) is 0 Å². The highest BCUT2D eigenvalue weighted by atomic mass is 16.5. The SMILES string of the molecule is COc1ccc(C(C)(C)C(=O)C=N)c(C)c1. The summed E-state index contributed by atoms with van der Waals surface area (Å²) in [6, 6.07) is 5.62. The topological polar surface area (TPSA) is 50.2 Å². The van der Waals surface area contributed by atoms with Gasteiger partial charge in [0.25, 0.3) is 0 Å². The first kappa shape index (κ1) is 12.4. The standard InChI is InChI=1S/C13H17NO2/c1-9-7-10(16-4)5-6-11(9)13(2,3)12(15)8-14/h5-8,14H,1-4H3. The van der Waals surface area contributed by atoms with Gasteiger partial charge in [0.15, 0.2) is 5.78 Å². The molecule has 0 saturated heterocycles. The Bertz CT molecular complexity index is 422. The molecule has 0 atom stereocenters. The predicted molar refractivity (Wildman–Crippen MR) is 64.5 cm³/mol. The molecule has 3 nitrogen and oxygen atoms in total. The Labute approximate surface area is 95.9 Å². The Morgan fingerprint density at radius 1 is 1.44 bits per heavy atom. The maximum atomic E-state index is 11.7. The lowest BCUT2D eigenvalue weighted by Gasteiger charge is -2.24. The average molecular weight is 219 g/mol. The van der Waals surface area contributed by atoms with Crippen molar-refractivity contribution in [2.24, 2.45) is 0 Å². The second-order valence-electron chi connectivity index (χ2n) is 4.31. The molecule has 0 amide bonds. The maximum absolute atomic E-state index is 11.7. The zero-order chi connectivity index (χ0) is 12.3. The molecule has 1 aromatic rings. The summed E-state index contributed by atoms with van der Waals surface area (Å²) in [5, 5.41) is 7.06. The summed E-state index contributed by atoms with van der Waals surface area (Å²) in [7, 11) is 1.61. The normalized spacial score (nSPS) is 11.0. The summed E-state index contributed by atoms with van der Waals surface area (Å²) in [5.74, 6) is 0.583. The Morgan fingerprint density at radius 2 is 2.06 bits per heavy atom. The van der Waals surface area contributed by atoms with E-state index in [9.17, 15) is 4.79 Å². The van der Waals surface area contributed by atoms with E-state index < -0.39 is 5.41 Å². The second kappa shape index (κ2) is 4.47. The average Bonchev–Trinajstić information content (AvgIpc) is 2.27. The van der Waals surface area contributed by atoms with Gasteiger partial charge in [-0.1, -0.05) is 6.07 Å². The first-order valence-corrected chi connectivity index (χ1v) is 5.13. The maximum Gasteiger partial charge on any atom is 0.183 e. The highest BCUT2D eigenvalue weighted by Gasteiger charge is 2.29. The molecule has 0 fully saturated rings. The molecule has 0 heterocycles. The van der Waals surface area contributed by atoms with Crippen LogP contribution in [-0.2, 0) is 10.2 Å². The molecule has 1 rings (SSSR count). The number of ether oxygens (including phenoxy) is 1. The summed E-state index contributed by atoms with van der Waals surface area (Å²) < 4.78 is 5.12. The third-order valence-corrected chi connectivity index (χ3v) is 2.85. The molecule has 0 spiro atoms. The van der Waals surface area contributed by atoms with Gasteiger partial charge in [-0.25, -0.2) is 0 Å². The molecular formula is C13H17NO2. The van der Waals surface area contributed by atoms with Gasteiger partial charge in [0.1, 0.15) is 5.75 Å². The highest BCUT2D eigenvalue weighted by Crippen LogP contribution is 2.29. The van der Waals surface area contributed by atoms with E-state index in [4.69, 9.17) is 10.1 Å². The van der Waals surface area contributed by atoms with Crippen LogP contribution in [0.4, 0.5) is 0 Å². The lowest BCUT2D eigenvalue weighted by Crippen LogP contribution is -2.30. The number of Topliss-reactive ketones (excluding diaryl/α,β-unsaturated/α-hetero) is 1. The Kier molecular flexibility index (Phi) is 3.48. The molecular weight excluding hydrogens is 202 g/mol. The van der Waals surface area contributed by atoms with E-state index in [1.54, 1.807) is 7.11 Å². The van der Waals surface area contributed by atoms with E-state index in [0.717, 1.165) is 23.1 Å². The Hall–Kier alpha value is -1.64. The molecule has 0 aliphatic heterocycles. The minimum atomic E-state index is -0.655. The number of benzene rings is 1. The smallest absolute Gasteiger partial charge is 0.183 e. The summed E-state index contributed by atoms with van der Waals surface area (Å²) in [5.41, 5.74) is 1.28. The van der Waals surface area contributed by atoms with Crippen molar-refractivity contribution < 1.29 is 9.53 Å². The lowest BCUT2D eigenvalue weighted by atomic mass is 9.79. The van der Waals surface area contributed by atoms with Crippen molar-refractivity contribution in [3.63, 3.8) is 0 Å². The molecule has 0 radical (unpaired) electrons. The van der Waals surface area contributed by atoms with Crippen LogP contribution in [0.2, 0.25) is 0 Å². The molecule has 1 N–H and O–H groups in total. The van der Waals surface area contributed by atoms with Crippen LogP contribution in [0.5, 0.6) is 5.75 Å². The monoisotopic (exact) mass is 219 g/mol. The van der Waals surface area contributed by atoms with Crippen LogP contribution in [0.3, 0.4) is 0 Å². The zero-order valence-corrected chi connectivity index (χ0v) is 10.1. The zero-order valence-electron chi connectivity index (χ0n) is 10.1. The summed E-state index contributed by atoms with van der Waals surface area (Å²) in [4.78, 5) is 11.7. The molecule has 3 heteroatoms. The molecule has 0 saturated carbocycles. The van der Waals surface area contributed by atoms with Crippen LogP contribution >= 0.6 is 0 Å². The number of carbonyl (C=O) groups is 1. The van der Waals surface area contributed by atoms with Crippen LogP contribution in [0.1, 0.15) is 25.0 Å². The van der Waals surface area contributed by atoms with E-state index in [1.165, 1.54) is 0 Å². The van der Waals surface area contributed by atoms with Crippen LogP contribution in [0.15, 0.2) is 18.2 Å². The number of ketones is 1. The third kappa shape index (κ3) is 2.13. The number of hydrogen-bond acceptors (Lipinski definition) is 3. The van der Waals surface area contributed by atoms with Gasteiger partial charge in [0, 0.05) is 0 Å². The number of carbonyl (C=O) groups excluding carboxylic acids is 1. The number of aryl methyl sites for hydroxylation is 1. The minimum absolute atomic E-state index is 0.194. The van der Waals surface area contributed by atoms with Crippen LogP contribution in [0, 0.1) is 12.3 Å². The first-order valence-electron chi connectivity index (χ1n) is 5.13. The van der Waals surface area contributed by atoms with E-state index in [2.05, 4.69) is 0 Å². The van der Waals surface area contributed by atoms with Crippen molar-refractivity contribution >= 4 is 12.0 Å². The van der Waals surface area contributed by atoms with Gasteiger partial charge in [-0.15, -0.1) is 0 Å². The van der Waals surface area contributed by atoms with E-state index in [0.29, 0.717) is 0 Å². The number of hydrogen-bond donors (Lipinski definition) is 1. The van der Waals surface area contributed by atoms with Gasteiger partial charge in [0.2, 0.25) is 0 Å². The van der Waals surface area contributed by atoms with E-state index in [1.807, 2.05) is 39.0 Å². The second-order valence-corrected chi connectivity index (χ2v) is 4.31. The van der Waals surface area contributed by atoms with Crippen molar-refractivity contribution in [3.05, 3.63) is 29.3 Å². The largest absolute Gasteiger partial charge is 0.497 e. The van der Waals surface area contributed by atoms with Gasteiger partial charge in [-0.2, -0.15) is 0 Å². The number of methoxy groups -OCH3 is 1. The van der Waals surface area contributed by atoms with Crippen molar-refractivity contribution in [3.8, 4) is 5.75 Å². The summed E-state index contributed by atoms with van der Waals surface area (Å²) in [6.07, 6.45) is 0.879. The first-order chi connectivity index (χ1) is 7.43. The third-order valence-electron chi connectivity index (χ3n) is 2.85. The van der Waals surface area contributed by atoms with Gasteiger partial charge >= 0.3 is 0 Å². The predicted octanol–water partition coefficient (Wildman–Crippen LogP) is 2.50. The number of nitrogens with one attached hydrogen (secondary N) is 1. The Morgan fingerprint density at radius 3 is 2.50 bits per heavy atom. The van der Waals surface area contributed by atoms with Crippen LogP contribution < -0.4 is 4.74 Å². The van der Waals surface area contributed by atoms with Crippen LogP contribution in [-0.4, -0.2) is 19.1 Å². The van der Waals surface area contributed by atoms with Crippen molar-refractivity contribution in [1.29, 1.82) is 5.41 Å². The van der Waals surface area contributed by atoms with Crippen molar-refractivity contribution in [2.75, 3.05) is 7.11 Å². The van der Waals surface area contributed by atoms with E-state index >= 15 is 0 Å². The molecule has 86 valence electrons. The molecule has 16 heavy (non-hydrogen) atoms. The lowest BCUT2D eigenvalue weighted by molar-refractivity contribution is -0.116. The Balaban J connectivity index is 3.23. The fourth-order valence-corrected chi connectivity index (χ4v) is 1.78. The fraction of sp³-hybridized carbons (Fsp3) is 0.385. The van der Waals surface area contributed by atoms with Gasteiger partial charge < -0.3 is 10.1 Å². The molecule has 0 aliphatic rings. The van der Waals surface area contributed by atoms with Gasteiger partial charge in [-0.05, 0) is 44.0 Å². The number of rotatable bonds is 4. The van der Waals surface area contributed by atoms with Gasteiger partial charge in [0.05, 0.1) is 18.7 Å². The highest BCUT2D eigenvalue weighted by molar-refractivity contribution is 6.30. The fourth-order valence-electron chi connectivity index (χ4n) is 1.78.